The van der Waals surface area contributed by atoms with Crippen molar-refractivity contribution in [3.8, 4) is 0 Å². The molecule has 4 heteroatoms. The predicted molar refractivity (Wildman–Crippen MR) is 74.1 cm³/mol. The zero-order valence-corrected chi connectivity index (χ0v) is 11.3. The van der Waals surface area contributed by atoms with Crippen molar-refractivity contribution >= 4 is 5.96 Å². The summed E-state index contributed by atoms with van der Waals surface area (Å²) in [6.45, 7) is 8.47. The first-order valence-electron chi connectivity index (χ1n) is 6.38. The second-order valence-corrected chi connectivity index (χ2v) is 4.60. The smallest absolute Gasteiger partial charge is 0.191 e. The van der Waals surface area contributed by atoms with Crippen LogP contribution in [-0.4, -0.2) is 19.0 Å². The van der Waals surface area contributed by atoms with Crippen LogP contribution in [-0.2, 0) is 6.54 Å². The largest absolute Gasteiger partial charge is 0.357 e. The maximum Gasteiger partial charge on any atom is 0.191 e. The third-order valence-corrected chi connectivity index (χ3v) is 2.33. The van der Waals surface area contributed by atoms with E-state index in [0.29, 0.717) is 12.5 Å². The third kappa shape index (κ3) is 5.66. The van der Waals surface area contributed by atoms with E-state index in [0.717, 1.165) is 24.6 Å². The molecular weight excluding hydrogens is 229 g/mol. The van der Waals surface area contributed by atoms with Crippen LogP contribution >= 0.6 is 0 Å². The molecule has 0 aromatic heterocycles. The van der Waals surface area contributed by atoms with Crippen molar-refractivity contribution in [2.45, 2.75) is 27.3 Å². The highest BCUT2D eigenvalue weighted by atomic mass is 19.1. The van der Waals surface area contributed by atoms with Crippen molar-refractivity contribution in [3.05, 3.63) is 35.6 Å². The molecule has 1 aromatic rings. The van der Waals surface area contributed by atoms with Crippen LogP contribution in [0.5, 0.6) is 0 Å². The fourth-order valence-corrected chi connectivity index (χ4v) is 1.45. The number of nitrogens with one attached hydrogen (secondary N) is 2. The monoisotopic (exact) mass is 251 g/mol. The van der Waals surface area contributed by atoms with E-state index in [-0.39, 0.29) is 5.82 Å². The van der Waals surface area contributed by atoms with Gasteiger partial charge in [-0.2, -0.15) is 0 Å². The number of hydrogen-bond acceptors (Lipinski definition) is 1. The van der Waals surface area contributed by atoms with Crippen molar-refractivity contribution in [3.63, 3.8) is 0 Å². The lowest BCUT2D eigenvalue weighted by Crippen LogP contribution is -2.39. The van der Waals surface area contributed by atoms with Crippen molar-refractivity contribution in [1.82, 2.24) is 10.6 Å². The Morgan fingerprint density at radius 3 is 2.72 bits per heavy atom. The van der Waals surface area contributed by atoms with Gasteiger partial charge in [0.2, 0.25) is 0 Å². The number of halogens is 1. The molecule has 0 amide bonds. The molecule has 1 rings (SSSR count). The van der Waals surface area contributed by atoms with Crippen LogP contribution in [0.2, 0.25) is 0 Å². The number of rotatable bonds is 5. The minimum absolute atomic E-state index is 0.220. The predicted octanol–water partition coefficient (Wildman–Crippen LogP) is 2.54. The summed E-state index contributed by atoms with van der Waals surface area (Å²) >= 11 is 0. The van der Waals surface area contributed by atoms with Crippen LogP contribution in [0.25, 0.3) is 0 Å². The van der Waals surface area contributed by atoms with Gasteiger partial charge in [0.1, 0.15) is 5.82 Å². The summed E-state index contributed by atoms with van der Waals surface area (Å²) in [5, 5.41) is 6.42. The molecule has 2 N–H and O–H groups in total. The van der Waals surface area contributed by atoms with Crippen LogP contribution < -0.4 is 10.6 Å². The molecule has 100 valence electrons. The van der Waals surface area contributed by atoms with E-state index in [4.69, 9.17) is 0 Å². The van der Waals surface area contributed by atoms with Gasteiger partial charge >= 0.3 is 0 Å². The molecule has 0 atom stereocenters. The standard InChI is InChI=1S/C14H22FN3/c1-4-16-14(17-9-11(2)3)18-10-12-6-5-7-13(15)8-12/h5-8,11H,4,9-10H2,1-3H3,(H2,16,17,18). The van der Waals surface area contributed by atoms with Gasteiger partial charge in [-0.1, -0.05) is 26.0 Å². The molecule has 0 aliphatic heterocycles. The van der Waals surface area contributed by atoms with Crippen LogP contribution in [0.1, 0.15) is 26.3 Å². The van der Waals surface area contributed by atoms with E-state index in [1.54, 1.807) is 6.07 Å². The van der Waals surface area contributed by atoms with E-state index in [1.165, 1.54) is 12.1 Å². The summed E-state index contributed by atoms with van der Waals surface area (Å²) in [4.78, 5) is 4.42. The number of hydrogen-bond donors (Lipinski definition) is 2. The first-order valence-corrected chi connectivity index (χ1v) is 6.38. The van der Waals surface area contributed by atoms with E-state index in [2.05, 4.69) is 29.5 Å². The van der Waals surface area contributed by atoms with Gasteiger partial charge in [-0.3, -0.25) is 0 Å². The number of nitrogens with zero attached hydrogens (tertiary/aromatic N) is 1. The van der Waals surface area contributed by atoms with Gasteiger partial charge in [-0.05, 0) is 30.5 Å². The van der Waals surface area contributed by atoms with Gasteiger partial charge < -0.3 is 10.6 Å². The Bertz CT molecular complexity index is 388. The van der Waals surface area contributed by atoms with Gasteiger partial charge in [-0.15, -0.1) is 0 Å². The average Bonchev–Trinajstić information content (AvgIpc) is 2.32. The van der Waals surface area contributed by atoms with Gasteiger partial charge in [-0.25, -0.2) is 9.38 Å². The Morgan fingerprint density at radius 1 is 1.33 bits per heavy atom. The van der Waals surface area contributed by atoms with E-state index in [9.17, 15) is 4.39 Å². The first-order chi connectivity index (χ1) is 8.61. The van der Waals surface area contributed by atoms with Crippen LogP contribution in [0, 0.1) is 11.7 Å². The Kier molecular flexibility index (Phi) is 6.19. The molecule has 0 radical (unpaired) electrons. The lowest BCUT2D eigenvalue weighted by atomic mass is 10.2. The minimum Gasteiger partial charge on any atom is -0.357 e. The number of benzene rings is 1. The Morgan fingerprint density at radius 2 is 2.11 bits per heavy atom. The van der Waals surface area contributed by atoms with Gasteiger partial charge in [0.25, 0.3) is 0 Å². The topological polar surface area (TPSA) is 36.4 Å². The molecule has 0 saturated heterocycles. The highest BCUT2D eigenvalue weighted by Gasteiger charge is 1.99. The molecule has 0 spiro atoms. The lowest BCUT2D eigenvalue weighted by molar-refractivity contribution is 0.614. The molecule has 0 heterocycles. The zero-order valence-electron chi connectivity index (χ0n) is 11.3. The highest BCUT2D eigenvalue weighted by molar-refractivity contribution is 5.79. The Hall–Kier alpha value is -1.58. The molecule has 0 aliphatic rings. The molecule has 0 saturated carbocycles. The van der Waals surface area contributed by atoms with Crippen LogP contribution in [0.4, 0.5) is 4.39 Å². The third-order valence-electron chi connectivity index (χ3n) is 2.33. The Labute approximate surface area is 109 Å². The summed E-state index contributed by atoms with van der Waals surface area (Å²) in [6, 6.07) is 6.53. The molecular formula is C14H22FN3. The van der Waals surface area contributed by atoms with E-state index < -0.39 is 0 Å². The molecule has 18 heavy (non-hydrogen) atoms. The number of aliphatic imine (C=N–C) groups is 1. The maximum absolute atomic E-state index is 13.0. The molecule has 0 unspecified atom stereocenters. The van der Waals surface area contributed by atoms with E-state index in [1.807, 2.05) is 13.0 Å². The van der Waals surface area contributed by atoms with Gasteiger partial charge in [0, 0.05) is 13.1 Å². The average molecular weight is 251 g/mol. The van der Waals surface area contributed by atoms with Crippen molar-refractivity contribution in [2.24, 2.45) is 10.9 Å². The SMILES string of the molecule is CCNC(=NCc1cccc(F)c1)NCC(C)C. The number of guanidine groups is 1. The Balaban J connectivity index is 2.59. The van der Waals surface area contributed by atoms with Crippen molar-refractivity contribution in [1.29, 1.82) is 0 Å². The first kappa shape index (κ1) is 14.5. The van der Waals surface area contributed by atoms with E-state index >= 15 is 0 Å². The maximum atomic E-state index is 13.0. The molecule has 0 aliphatic carbocycles. The van der Waals surface area contributed by atoms with Gasteiger partial charge in [0.05, 0.1) is 6.54 Å². The summed E-state index contributed by atoms with van der Waals surface area (Å²) in [5.41, 5.74) is 0.872. The minimum atomic E-state index is -0.220. The normalized spacial score (nSPS) is 11.7. The summed E-state index contributed by atoms with van der Waals surface area (Å²) < 4.78 is 13.0. The fraction of sp³-hybridized carbons (Fsp3) is 0.500. The molecule has 1 aromatic carbocycles. The summed E-state index contributed by atoms with van der Waals surface area (Å²) in [7, 11) is 0. The van der Waals surface area contributed by atoms with Crippen molar-refractivity contribution < 1.29 is 4.39 Å². The quantitative estimate of drug-likeness (QED) is 0.623. The highest BCUT2D eigenvalue weighted by Crippen LogP contribution is 2.04. The lowest BCUT2D eigenvalue weighted by Gasteiger charge is -2.12. The summed E-state index contributed by atoms with van der Waals surface area (Å²) in [5.74, 6) is 1.11. The fourth-order valence-electron chi connectivity index (χ4n) is 1.45. The summed E-state index contributed by atoms with van der Waals surface area (Å²) in [6.07, 6.45) is 0. The zero-order chi connectivity index (χ0) is 13.4. The second-order valence-electron chi connectivity index (χ2n) is 4.60. The molecule has 3 nitrogen and oxygen atoms in total. The van der Waals surface area contributed by atoms with Crippen LogP contribution in [0.15, 0.2) is 29.3 Å². The molecule has 0 bridgehead atoms. The van der Waals surface area contributed by atoms with Gasteiger partial charge in [0.15, 0.2) is 5.96 Å². The molecule has 0 fully saturated rings. The van der Waals surface area contributed by atoms with Crippen LogP contribution in [0.3, 0.4) is 0 Å². The second kappa shape index (κ2) is 7.69. The van der Waals surface area contributed by atoms with Crippen molar-refractivity contribution in [2.75, 3.05) is 13.1 Å².